The fourth-order valence-electron chi connectivity index (χ4n) is 6.39. The molecule has 0 fully saturated rings. The number of nitrogens with zero attached hydrogens (tertiary/aromatic N) is 3. The van der Waals surface area contributed by atoms with Crippen LogP contribution in [0.2, 0.25) is 0 Å². The van der Waals surface area contributed by atoms with Crippen molar-refractivity contribution in [3.05, 3.63) is 152 Å². The van der Waals surface area contributed by atoms with Crippen molar-refractivity contribution < 1.29 is 4.42 Å². The van der Waals surface area contributed by atoms with Crippen molar-refractivity contribution in [2.24, 2.45) is 0 Å². The number of fused-ring (bicyclic) bond motifs is 6. The minimum absolute atomic E-state index is 0.581. The molecule has 3 heterocycles. The molecule has 0 bridgehead atoms. The lowest BCUT2D eigenvalue weighted by molar-refractivity contribution is 0.654. The lowest BCUT2D eigenvalue weighted by atomic mass is 10.0. The maximum atomic E-state index is 6.60. The normalized spacial score (nSPS) is 11.6. The molecule has 9 aromatic rings. The van der Waals surface area contributed by atoms with Crippen molar-refractivity contribution in [3.8, 4) is 39.5 Å². The Morgan fingerprint density at radius 1 is 0.455 bits per heavy atom. The van der Waals surface area contributed by atoms with Crippen molar-refractivity contribution in [1.82, 2.24) is 14.5 Å². The summed E-state index contributed by atoms with van der Waals surface area (Å²) in [5, 5.41) is 4.24. The van der Waals surface area contributed by atoms with E-state index in [2.05, 4.69) is 132 Å². The standard InChI is InChI=1S/C40H25N3O/c1-4-13-26(14-5-1)28-17-12-18-29(23-28)39-41-38(27-15-6-2-7-16-27)37-33-24-35-32(25-36(33)44-40(37)42-39)31-21-10-11-22-34(31)43(35)30-19-8-3-9-20-30/h1-25H. The van der Waals surface area contributed by atoms with Crippen LogP contribution in [0.25, 0.3) is 83.3 Å². The van der Waals surface area contributed by atoms with E-state index in [1.54, 1.807) is 0 Å². The second-order valence-corrected chi connectivity index (χ2v) is 11.0. The third-order valence-electron chi connectivity index (χ3n) is 8.42. The number of hydrogen-bond donors (Lipinski definition) is 0. The molecule has 0 N–H and O–H groups in total. The smallest absolute Gasteiger partial charge is 0.231 e. The Kier molecular flexibility index (Phi) is 5.47. The van der Waals surface area contributed by atoms with E-state index in [-0.39, 0.29) is 0 Å². The highest BCUT2D eigenvalue weighted by atomic mass is 16.3. The second kappa shape index (κ2) is 9.79. The Morgan fingerprint density at radius 2 is 1.11 bits per heavy atom. The first kappa shape index (κ1) is 24.6. The number of hydrogen-bond acceptors (Lipinski definition) is 3. The molecule has 4 nitrogen and oxygen atoms in total. The van der Waals surface area contributed by atoms with E-state index in [1.165, 1.54) is 5.39 Å². The predicted molar refractivity (Wildman–Crippen MR) is 180 cm³/mol. The van der Waals surface area contributed by atoms with Gasteiger partial charge >= 0.3 is 0 Å². The Hall–Kier alpha value is -6.00. The zero-order valence-corrected chi connectivity index (χ0v) is 23.7. The maximum absolute atomic E-state index is 6.60. The van der Waals surface area contributed by atoms with Gasteiger partial charge in [0.15, 0.2) is 5.82 Å². The van der Waals surface area contributed by atoms with Crippen LogP contribution in [0.4, 0.5) is 0 Å². The first-order valence-corrected chi connectivity index (χ1v) is 14.8. The zero-order valence-electron chi connectivity index (χ0n) is 23.7. The molecule has 0 atom stereocenters. The van der Waals surface area contributed by atoms with Crippen molar-refractivity contribution in [2.75, 3.05) is 0 Å². The second-order valence-electron chi connectivity index (χ2n) is 11.0. The predicted octanol–water partition coefficient (Wildman–Crippen LogP) is 10.5. The van der Waals surface area contributed by atoms with E-state index >= 15 is 0 Å². The van der Waals surface area contributed by atoms with E-state index in [0.717, 1.165) is 66.4 Å². The highest BCUT2D eigenvalue weighted by Crippen LogP contribution is 2.41. The van der Waals surface area contributed by atoms with Gasteiger partial charge in [0, 0.05) is 33.0 Å². The summed E-state index contributed by atoms with van der Waals surface area (Å²) in [5.74, 6) is 0.636. The number of benzene rings is 6. The van der Waals surface area contributed by atoms with Crippen LogP contribution in [0, 0.1) is 0 Å². The third-order valence-corrected chi connectivity index (χ3v) is 8.42. The summed E-state index contributed by atoms with van der Waals surface area (Å²) in [5.41, 5.74) is 9.86. The summed E-state index contributed by atoms with van der Waals surface area (Å²) in [6, 6.07) is 52.6. The molecule has 0 radical (unpaired) electrons. The summed E-state index contributed by atoms with van der Waals surface area (Å²) in [4.78, 5) is 10.3. The van der Waals surface area contributed by atoms with Crippen LogP contribution in [0.5, 0.6) is 0 Å². The minimum atomic E-state index is 0.581. The van der Waals surface area contributed by atoms with Gasteiger partial charge in [0.05, 0.1) is 22.1 Å². The molecule has 0 unspecified atom stereocenters. The van der Waals surface area contributed by atoms with Crippen molar-refractivity contribution in [1.29, 1.82) is 0 Å². The average Bonchev–Trinajstić information content (AvgIpc) is 3.62. The average molecular weight is 564 g/mol. The fraction of sp³-hybridized carbons (Fsp3) is 0. The van der Waals surface area contributed by atoms with Gasteiger partial charge < -0.3 is 8.98 Å². The number of aromatic nitrogens is 3. The monoisotopic (exact) mass is 563 g/mol. The van der Waals surface area contributed by atoms with Gasteiger partial charge in [0.25, 0.3) is 0 Å². The quantitative estimate of drug-likeness (QED) is 0.214. The number of para-hydroxylation sites is 2. The van der Waals surface area contributed by atoms with Gasteiger partial charge in [-0.3, -0.25) is 0 Å². The molecule has 0 saturated carbocycles. The molecule has 6 aromatic carbocycles. The molecular weight excluding hydrogens is 538 g/mol. The van der Waals surface area contributed by atoms with Crippen LogP contribution in [-0.2, 0) is 0 Å². The van der Waals surface area contributed by atoms with Crippen molar-refractivity contribution in [3.63, 3.8) is 0 Å². The van der Waals surface area contributed by atoms with Crippen molar-refractivity contribution in [2.45, 2.75) is 0 Å². The van der Waals surface area contributed by atoms with Crippen LogP contribution in [-0.4, -0.2) is 14.5 Å². The lowest BCUT2D eigenvalue weighted by Gasteiger charge is -2.09. The Labute approximate surface area is 253 Å². The van der Waals surface area contributed by atoms with E-state index in [0.29, 0.717) is 11.5 Å². The Morgan fingerprint density at radius 3 is 1.91 bits per heavy atom. The SMILES string of the molecule is c1ccc(-c2cccc(-c3nc(-c4ccccc4)c4c(n3)oc3cc5c6ccccc6n(-c6ccccc6)c5cc34)c2)cc1. The van der Waals surface area contributed by atoms with E-state index in [9.17, 15) is 0 Å². The molecule has 0 aliphatic heterocycles. The van der Waals surface area contributed by atoms with Crippen LogP contribution >= 0.6 is 0 Å². The van der Waals surface area contributed by atoms with Gasteiger partial charge in [-0.2, -0.15) is 4.98 Å². The molecule has 3 aromatic heterocycles. The molecule has 0 amide bonds. The molecule has 9 rings (SSSR count). The van der Waals surface area contributed by atoms with E-state index in [4.69, 9.17) is 14.4 Å². The molecule has 44 heavy (non-hydrogen) atoms. The van der Waals surface area contributed by atoms with Crippen LogP contribution in [0.3, 0.4) is 0 Å². The summed E-state index contributed by atoms with van der Waals surface area (Å²) >= 11 is 0. The van der Waals surface area contributed by atoms with Gasteiger partial charge in [0.2, 0.25) is 5.71 Å². The fourth-order valence-corrected chi connectivity index (χ4v) is 6.39. The maximum Gasteiger partial charge on any atom is 0.231 e. The minimum Gasteiger partial charge on any atom is -0.438 e. The molecule has 0 aliphatic carbocycles. The molecular formula is C40H25N3O. The molecule has 206 valence electrons. The van der Waals surface area contributed by atoms with Crippen LogP contribution in [0.15, 0.2) is 156 Å². The molecule has 0 spiro atoms. The van der Waals surface area contributed by atoms with E-state index in [1.807, 2.05) is 24.3 Å². The highest BCUT2D eigenvalue weighted by molar-refractivity contribution is 6.19. The highest BCUT2D eigenvalue weighted by Gasteiger charge is 2.21. The largest absolute Gasteiger partial charge is 0.438 e. The van der Waals surface area contributed by atoms with E-state index < -0.39 is 0 Å². The Bertz CT molecular complexity index is 2480. The molecule has 0 saturated heterocycles. The Balaban J connectivity index is 1.34. The van der Waals surface area contributed by atoms with Crippen LogP contribution in [0.1, 0.15) is 0 Å². The summed E-state index contributed by atoms with van der Waals surface area (Å²) < 4.78 is 8.93. The number of furan rings is 1. The van der Waals surface area contributed by atoms with Crippen LogP contribution < -0.4 is 0 Å². The first-order chi connectivity index (χ1) is 21.8. The first-order valence-electron chi connectivity index (χ1n) is 14.8. The number of rotatable bonds is 4. The molecule has 0 aliphatic rings. The van der Waals surface area contributed by atoms with Gasteiger partial charge in [-0.1, -0.05) is 115 Å². The summed E-state index contributed by atoms with van der Waals surface area (Å²) in [6.45, 7) is 0. The topological polar surface area (TPSA) is 43.9 Å². The lowest BCUT2D eigenvalue weighted by Crippen LogP contribution is -1.94. The molecule has 4 heteroatoms. The zero-order chi connectivity index (χ0) is 29.0. The van der Waals surface area contributed by atoms with Gasteiger partial charge in [-0.15, -0.1) is 0 Å². The summed E-state index contributed by atoms with van der Waals surface area (Å²) in [7, 11) is 0. The summed E-state index contributed by atoms with van der Waals surface area (Å²) in [6.07, 6.45) is 0. The van der Waals surface area contributed by atoms with Gasteiger partial charge in [0.1, 0.15) is 5.58 Å². The van der Waals surface area contributed by atoms with Crippen molar-refractivity contribution >= 4 is 43.9 Å². The van der Waals surface area contributed by atoms with Gasteiger partial charge in [-0.05, 0) is 47.5 Å². The third kappa shape index (κ3) is 3.85. The van der Waals surface area contributed by atoms with Gasteiger partial charge in [-0.25, -0.2) is 4.98 Å².